The van der Waals surface area contributed by atoms with Gasteiger partial charge in [-0.3, -0.25) is 0 Å². The number of furan rings is 1. The molecule has 1 atom stereocenters. The first-order valence-electron chi connectivity index (χ1n) is 5.24. The molecule has 0 aliphatic carbocycles. The molecule has 0 amide bonds. The van der Waals surface area contributed by atoms with Crippen molar-refractivity contribution >= 4 is 0 Å². The highest BCUT2D eigenvalue weighted by Crippen LogP contribution is 2.33. The Hall–Kier alpha value is -1.75. The van der Waals surface area contributed by atoms with Gasteiger partial charge in [0.1, 0.15) is 5.60 Å². The second kappa shape index (κ2) is 4.17. The fraction of sp³-hybridized carbons (Fsp3) is 0.231. The van der Waals surface area contributed by atoms with E-state index in [0.29, 0.717) is 11.1 Å². The molecule has 18 heavy (non-hydrogen) atoms. The molecule has 1 heterocycles. The van der Waals surface area contributed by atoms with E-state index >= 15 is 0 Å². The SMILES string of the molecule is CC(O)(c1ccc(C(F)(F)F)cc1)c1ccoc1. The lowest BCUT2D eigenvalue weighted by molar-refractivity contribution is -0.137. The number of aliphatic hydroxyl groups is 1. The minimum Gasteiger partial charge on any atom is -0.472 e. The molecule has 1 aromatic heterocycles. The summed E-state index contributed by atoms with van der Waals surface area (Å²) in [5, 5.41) is 10.3. The van der Waals surface area contributed by atoms with Crippen molar-refractivity contribution in [1.29, 1.82) is 0 Å². The molecule has 0 saturated heterocycles. The molecule has 1 N–H and O–H groups in total. The fourth-order valence-electron chi connectivity index (χ4n) is 1.69. The normalized spacial score (nSPS) is 15.4. The summed E-state index contributed by atoms with van der Waals surface area (Å²) in [6, 6.07) is 5.98. The third-order valence-electron chi connectivity index (χ3n) is 2.86. The monoisotopic (exact) mass is 256 g/mol. The summed E-state index contributed by atoms with van der Waals surface area (Å²) in [5.41, 5.74) is -1.26. The van der Waals surface area contributed by atoms with Crippen LogP contribution in [-0.2, 0) is 11.8 Å². The molecular formula is C13H11F3O2. The molecule has 0 fully saturated rings. The molecule has 96 valence electrons. The first kappa shape index (κ1) is 12.7. The van der Waals surface area contributed by atoms with E-state index in [1.54, 1.807) is 6.07 Å². The number of alkyl halides is 3. The van der Waals surface area contributed by atoms with Gasteiger partial charge in [0, 0.05) is 5.56 Å². The van der Waals surface area contributed by atoms with Crippen molar-refractivity contribution in [1.82, 2.24) is 0 Å². The summed E-state index contributed by atoms with van der Waals surface area (Å²) < 4.78 is 42.1. The summed E-state index contributed by atoms with van der Waals surface area (Å²) in [4.78, 5) is 0. The van der Waals surface area contributed by atoms with E-state index in [1.165, 1.54) is 31.6 Å². The van der Waals surface area contributed by atoms with Gasteiger partial charge in [-0.1, -0.05) is 12.1 Å². The topological polar surface area (TPSA) is 33.4 Å². The molecule has 0 bridgehead atoms. The molecule has 1 unspecified atom stereocenters. The Morgan fingerprint density at radius 1 is 0.944 bits per heavy atom. The van der Waals surface area contributed by atoms with Crippen molar-refractivity contribution in [3.8, 4) is 0 Å². The van der Waals surface area contributed by atoms with E-state index in [2.05, 4.69) is 0 Å². The lowest BCUT2D eigenvalue weighted by Crippen LogP contribution is -2.22. The molecule has 0 aliphatic rings. The van der Waals surface area contributed by atoms with Crippen LogP contribution in [0.25, 0.3) is 0 Å². The average molecular weight is 256 g/mol. The first-order valence-corrected chi connectivity index (χ1v) is 5.24. The molecule has 1 aromatic carbocycles. The smallest absolute Gasteiger partial charge is 0.416 e. The minimum atomic E-state index is -4.37. The number of hydrogen-bond acceptors (Lipinski definition) is 2. The quantitative estimate of drug-likeness (QED) is 0.891. The molecule has 0 aliphatic heterocycles. The Kier molecular flexibility index (Phi) is 2.94. The maximum absolute atomic E-state index is 12.4. The lowest BCUT2D eigenvalue weighted by Gasteiger charge is -2.22. The van der Waals surface area contributed by atoms with Crippen molar-refractivity contribution in [2.45, 2.75) is 18.7 Å². The predicted octanol–water partition coefficient (Wildman–Crippen LogP) is 3.55. The summed E-state index contributed by atoms with van der Waals surface area (Å²) in [5.74, 6) is 0. The van der Waals surface area contributed by atoms with E-state index in [4.69, 9.17) is 4.42 Å². The van der Waals surface area contributed by atoms with E-state index in [0.717, 1.165) is 12.1 Å². The second-order valence-corrected chi connectivity index (χ2v) is 4.16. The van der Waals surface area contributed by atoms with Gasteiger partial charge >= 0.3 is 6.18 Å². The Morgan fingerprint density at radius 2 is 1.50 bits per heavy atom. The van der Waals surface area contributed by atoms with Gasteiger partial charge < -0.3 is 9.52 Å². The van der Waals surface area contributed by atoms with Gasteiger partial charge in [-0.2, -0.15) is 13.2 Å². The maximum atomic E-state index is 12.4. The number of halogens is 3. The number of hydrogen-bond donors (Lipinski definition) is 1. The first-order chi connectivity index (χ1) is 8.32. The van der Waals surface area contributed by atoms with Gasteiger partial charge in [-0.05, 0) is 30.7 Å². The largest absolute Gasteiger partial charge is 0.472 e. The van der Waals surface area contributed by atoms with Crippen LogP contribution in [0.15, 0.2) is 47.3 Å². The zero-order chi connectivity index (χ0) is 13.4. The van der Waals surface area contributed by atoms with Crippen LogP contribution in [0.3, 0.4) is 0 Å². The second-order valence-electron chi connectivity index (χ2n) is 4.16. The predicted molar refractivity (Wildman–Crippen MR) is 58.8 cm³/mol. The standard InChI is InChI=1S/C13H11F3O2/c1-12(17,11-6-7-18-8-11)9-2-4-10(5-3-9)13(14,15)16/h2-8,17H,1H3. The summed E-state index contributed by atoms with van der Waals surface area (Å²) >= 11 is 0. The third kappa shape index (κ3) is 2.26. The maximum Gasteiger partial charge on any atom is 0.416 e. The van der Waals surface area contributed by atoms with Crippen LogP contribution in [0.1, 0.15) is 23.6 Å². The fourth-order valence-corrected chi connectivity index (χ4v) is 1.69. The van der Waals surface area contributed by atoms with E-state index < -0.39 is 17.3 Å². The lowest BCUT2D eigenvalue weighted by atomic mass is 9.89. The molecule has 2 aromatic rings. The van der Waals surface area contributed by atoms with Crippen LogP contribution in [0.2, 0.25) is 0 Å². The molecule has 5 heteroatoms. The number of benzene rings is 1. The Morgan fingerprint density at radius 3 is 1.94 bits per heavy atom. The zero-order valence-corrected chi connectivity index (χ0v) is 9.53. The van der Waals surface area contributed by atoms with Crippen LogP contribution in [0.5, 0.6) is 0 Å². The van der Waals surface area contributed by atoms with Gasteiger partial charge in [0.2, 0.25) is 0 Å². The molecule has 0 spiro atoms. The van der Waals surface area contributed by atoms with Crippen molar-refractivity contribution < 1.29 is 22.7 Å². The Labute approximate surface area is 102 Å². The summed E-state index contributed by atoms with van der Waals surface area (Å²) in [6.45, 7) is 1.50. The molecule has 2 nitrogen and oxygen atoms in total. The highest BCUT2D eigenvalue weighted by Gasteiger charge is 2.32. The van der Waals surface area contributed by atoms with E-state index in [-0.39, 0.29) is 0 Å². The number of rotatable bonds is 2. The van der Waals surface area contributed by atoms with Gasteiger partial charge in [0.25, 0.3) is 0 Å². The van der Waals surface area contributed by atoms with Crippen LogP contribution < -0.4 is 0 Å². The molecular weight excluding hydrogens is 245 g/mol. The Balaban J connectivity index is 2.36. The van der Waals surface area contributed by atoms with Crippen LogP contribution >= 0.6 is 0 Å². The Bertz CT molecular complexity index is 510. The van der Waals surface area contributed by atoms with Crippen molar-refractivity contribution in [2.75, 3.05) is 0 Å². The van der Waals surface area contributed by atoms with Gasteiger partial charge in [0.15, 0.2) is 0 Å². The minimum absolute atomic E-state index is 0.372. The van der Waals surface area contributed by atoms with Gasteiger partial charge in [0.05, 0.1) is 18.1 Å². The van der Waals surface area contributed by atoms with Crippen LogP contribution in [-0.4, -0.2) is 5.11 Å². The highest BCUT2D eigenvalue weighted by molar-refractivity contribution is 5.35. The van der Waals surface area contributed by atoms with Crippen molar-refractivity contribution in [3.05, 3.63) is 59.5 Å². The van der Waals surface area contributed by atoms with Gasteiger partial charge in [-0.15, -0.1) is 0 Å². The van der Waals surface area contributed by atoms with Crippen molar-refractivity contribution in [2.24, 2.45) is 0 Å². The van der Waals surface area contributed by atoms with Crippen LogP contribution in [0.4, 0.5) is 13.2 Å². The molecule has 0 radical (unpaired) electrons. The van der Waals surface area contributed by atoms with Crippen LogP contribution in [0, 0.1) is 0 Å². The average Bonchev–Trinajstić information content (AvgIpc) is 2.82. The van der Waals surface area contributed by atoms with Gasteiger partial charge in [-0.25, -0.2) is 0 Å². The molecule has 2 rings (SSSR count). The van der Waals surface area contributed by atoms with E-state index in [1.807, 2.05) is 0 Å². The highest BCUT2D eigenvalue weighted by atomic mass is 19.4. The molecule has 0 saturated carbocycles. The van der Waals surface area contributed by atoms with Crippen molar-refractivity contribution in [3.63, 3.8) is 0 Å². The zero-order valence-electron chi connectivity index (χ0n) is 9.53. The third-order valence-corrected chi connectivity index (χ3v) is 2.86. The summed E-state index contributed by atoms with van der Waals surface area (Å²) in [6.07, 6.45) is -1.62. The van der Waals surface area contributed by atoms with E-state index in [9.17, 15) is 18.3 Å². The summed E-state index contributed by atoms with van der Waals surface area (Å²) in [7, 11) is 0.